The summed E-state index contributed by atoms with van der Waals surface area (Å²) in [6.45, 7) is 0. The summed E-state index contributed by atoms with van der Waals surface area (Å²) in [6.07, 6.45) is -8.78. The summed E-state index contributed by atoms with van der Waals surface area (Å²) < 4.78 is 89.4. The summed E-state index contributed by atoms with van der Waals surface area (Å²) in [5.41, 5.74) is -4.56. The van der Waals surface area contributed by atoms with Crippen molar-refractivity contribution in [3.63, 3.8) is 0 Å². The Morgan fingerprint density at radius 1 is 1.00 bits per heavy atom. The van der Waals surface area contributed by atoms with E-state index in [9.17, 15) is 30.7 Å². The standard InChI is InChI=1S/C5HCl2F7O/c6-4(11,12)2(5(7,13)14)1(8)3(9,10)15-2/h1H. The Hall–Kier alpha value is 0.0500. The molecule has 1 heterocycles. The molecule has 1 aliphatic rings. The van der Waals surface area contributed by atoms with E-state index in [2.05, 4.69) is 27.9 Å². The first-order valence-corrected chi connectivity index (χ1v) is 3.97. The number of hydrogen-bond acceptors (Lipinski definition) is 1. The van der Waals surface area contributed by atoms with Crippen LogP contribution in [0.4, 0.5) is 30.7 Å². The van der Waals surface area contributed by atoms with Gasteiger partial charge >= 0.3 is 16.9 Å². The molecule has 0 amide bonds. The van der Waals surface area contributed by atoms with Gasteiger partial charge in [0.15, 0.2) is 0 Å². The Bertz CT molecular complexity index is 256. The predicted octanol–water partition coefficient (Wildman–Crippen LogP) is 3.35. The Morgan fingerprint density at radius 3 is 1.40 bits per heavy atom. The monoisotopic (exact) mass is 280 g/mol. The van der Waals surface area contributed by atoms with Crippen LogP contribution in [-0.4, -0.2) is 28.6 Å². The number of alkyl halides is 9. The van der Waals surface area contributed by atoms with Gasteiger partial charge in [0.2, 0.25) is 6.17 Å². The smallest absolute Gasteiger partial charge is 0.292 e. The summed E-state index contributed by atoms with van der Waals surface area (Å²) in [5, 5.41) is -10.2. The van der Waals surface area contributed by atoms with Gasteiger partial charge in [-0.15, -0.1) is 0 Å². The molecule has 15 heavy (non-hydrogen) atoms. The van der Waals surface area contributed by atoms with Crippen LogP contribution in [0.1, 0.15) is 0 Å². The van der Waals surface area contributed by atoms with Gasteiger partial charge in [-0.3, -0.25) is 4.74 Å². The van der Waals surface area contributed by atoms with Gasteiger partial charge in [0.1, 0.15) is 0 Å². The second-order valence-corrected chi connectivity index (χ2v) is 3.71. The zero-order valence-corrected chi connectivity index (χ0v) is 7.90. The molecule has 90 valence electrons. The van der Waals surface area contributed by atoms with Gasteiger partial charge in [0, 0.05) is 0 Å². The summed E-state index contributed by atoms with van der Waals surface area (Å²) in [6, 6.07) is 0. The van der Waals surface area contributed by atoms with Crippen molar-refractivity contribution in [1.29, 1.82) is 0 Å². The maximum Gasteiger partial charge on any atom is 0.391 e. The summed E-state index contributed by atoms with van der Waals surface area (Å²) >= 11 is 8.20. The third-order valence-electron chi connectivity index (χ3n) is 1.79. The first-order chi connectivity index (χ1) is 6.36. The fraction of sp³-hybridized carbons (Fsp3) is 1.00. The van der Waals surface area contributed by atoms with Crippen molar-refractivity contribution in [3.8, 4) is 0 Å². The van der Waals surface area contributed by atoms with Crippen molar-refractivity contribution in [1.82, 2.24) is 0 Å². The Kier molecular flexibility index (Phi) is 2.66. The molecule has 1 unspecified atom stereocenters. The minimum atomic E-state index is -5.08. The average Bonchev–Trinajstić information content (AvgIpc) is 1.94. The molecule has 0 spiro atoms. The first-order valence-electron chi connectivity index (χ1n) is 3.22. The Morgan fingerprint density at radius 2 is 1.33 bits per heavy atom. The third kappa shape index (κ3) is 1.57. The van der Waals surface area contributed by atoms with E-state index in [-0.39, 0.29) is 0 Å². The topological polar surface area (TPSA) is 9.23 Å². The van der Waals surface area contributed by atoms with E-state index in [0.717, 1.165) is 0 Å². The number of halogens is 9. The van der Waals surface area contributed by atoms with Gasteiger partial charge in [0.05, 0.1) is 0 Å². The van der Waals surface area contributed by atoms with E-state index in [0.29, 0.717) is 0 Å². The summed E-state index contributed by atoms with van der Waals surface area (Å²) in [7, 11) is 0. The number of rotatable bonds is 2. The van der Waals surface area contributed by atoms with E-state index in [4.69, 9.17) is 0 Å². The minimum absolute atomic E-state index is 2.88. The van der Waals surface area contributed by atoms with Crippen LogP contribution >= 0.6 is 23.2 Å². The van der Waals surface area contributed by atoms with Crippen LogP contribution in [-0.2, 0) is 4.74 Å². The lowest BCUT2D eigenvalue weighted by molar-refractivity contribution is -0.489. The molecule has 0 aromatic rings. The summed E-state index contributed by atoms with van der Waals surface area (Å²) in [5.74, 6) is 0. The Labute approximate surface area is 88.1 Å². The summed E-state index contributed by atoms with van der Waals surface area (Å²) in [4.78, 5) is 0. The predicted molar refractivity (Wildman–Crippen MR) is 35.3 cm³/mol. The molecule has 1 saturated heterocycles. The van der Waals surface area contributed by atoms with E-state index in [1.165, 1.54) is 0 Å². The average molecular weight is 281 g/mol. The lowest BCUT2D eigenvalue weighted by atomic mass is 9.90. The molecule has 0 aliphatic carbocycles. The van der Waals surface area contributed by atoms with E-state index < -0.39 is 28.6 Å². The van der Waals surface area contributed by atoms with Gasteiger partial charge in [-0.2, -0.15) is 26.3 Å². The molecular formula is C5HCl2F7O. The van der Waals surface area contributed by atoms with Gasteiger partial charge in [-0.25, -0.2) is 4.39 Å². The largest absolute Gasteiger partial charge is 0.391 e. The van der Waals surface area contributed by atoms with Crippen molar-refractivity contribution in [2.45, 2.75) is 28.6 Å². The fourth-order valence-corrected chi connectivity index (χ4v) is 1.61. The van der Waals surface area contributed by atoms with Crippen LogP contribution in [0, 0.1) is 0 Å². The third-order valence-corrected chi connectivity index (χ3v) is 2.35. The molecular weight excluding hydrogens is 280 g/mol. The second kappa shape index (κ2) is 3.04. The molecule has 0 radical (unpaired) electrons. The Balaban J connectivity index is 3.16. The SMILES string of the molecule is FC1C(F)(F)OC1(C(F)(F)Cl)C(F)(F)Cl. The molecule has 10 heteroatoms. The van der Waals surface area contributed by atoms with Crippen molar-refractivity contribution < 1.29 is 35.5 Å². The van der Waals surface area contributed by atoms with E-state index in [1.54, 1.807) is 0 Å². The zero-order valence-electron chi connectivity index (χ0n) is 6.39. The first kappa shape index (κ1) is 13.1. The lowest BCUT2D eigenvalue weighted by Gasteiger charge is -2.51. The molecule has 1 aliphatic heterocycles. The number of ether oxygens (including phenoxy) is 1. The fourth-order valence-electron chi connectivity index (χ4n) is 1.06. The molecule has 1 atom stereocenters. The van der Waals surface area contributed by atoms with Gasteiger partial charge in [-0.1, -0.05) is 0 Å². The highest BCUT2D eigenvalue weighted by Gasteiger charge is 2.88. The molecule has 0 aromatic heterocycles. The van der Waals surface area contributed by atoms with Gasteiger partial charge < -0.3 is 0 Å². The van der Waals surface area contributed by atoms with Crippen LogP contribution in [0.25, 0.3) is 0 Å². The van der Waals surface area contributed by atoms with E-state index >= 15 is 0 Å². The van der Waals surface area contributed by atoms with Crippen molar-refractivity contribution in [3.05, 3.63) is 0 Å². The minimum Gasteiger partial charge on any atom is -0.292 e. The normalized spacial score (nSPS) is 29.8. The molecule has 1 fully saturated rings. The second-order valence-electron chi connectivity index (χ2n) is 2.76. The molecule has 0 saturated carbocycles. The van der Waals surface area contributed by atoms with Crippen LogP contribution in [0.2, 0.25) is 0 Å². The van der Waals surface area contributed by atoms with Crippen LogP contribution in [0.3, 0.4) is 0 Å². The van der Waals surface area contributed by atoms with Crippen LogP contribution in [0.5, 0.6) is 0 Å². The highest BCUT2D eigenvalue weighted by atomic mass is 35.5. The maximum absolute atomic E-state index is 12.6. The highest BCUT2D eigenvalue weighted by molar-refractivity contribution is 6.26. The zero-order chi connectivity index (χ0) is 12.3. The molecule has 0 aromatic carbocycles. The molecule has 1 rings (SSSR count). The van der Waals surface area contributed by atoms with Crippen LogP contribution in [0.15, 0.2) is 0 Å². The highest BCUT2D eigenvalue weighted by Crippen LogP contribution is 2.62. The maximum atomic E-state index is 12.6. The quantitative estimate of drug-likeness (QED) is 0.557. The molecule has 1 nitrogen and oxygen atoms in total. The van der Waals surface area contributed by atoms with Gasteiger partial charge in [0.25, 0.3) is 5.60 Å². The van der Waals surface area contributed by atoms with Gasteiger partial charge in [-0.05, 0) is 23.2 Å². The van der Waals surface area contributed by atoms with Crippen molar-refractivity contribution in [2.24, 2.45) is 0 Å². The molecule has 0 bridgehead atoms. The van der Waals surface area contributed by atoms with Crippen molar-refractivity contribution >= 4 is 23.2 Å². The number of hydrogen-bond donors (Lipinski definition) is 0. The lowest BCUT2D eigenvalue weighted by Crippen LogP contribution is -2.78. The van der Waals surface area contributed by atoms with Crippen molar-refractivity contribution in [2.75, 3.05) is 0 Å². The molecule has 0 N–H and O–H groups in total. The van der Waals surface area contributed by atoms with Crippen LogP contribution < -0.4 is 0 Å². The van der Waals surface area contributed by atoms with E-state index in [1.807, 2.05) is 0 Å².